The van der Waals surface area contributed by atoms with Crippen molar-refractivity contribution in [2.45, 2.75) is 33.0 Å². The first-order chi connectivity index (χ1) is 13.6. The molecule has 0 bridgehead atoms. The number of nitrogens with two attached hydrogens (primary N) is 1. The molecule has 2 aromatic carbocycles. The van der Waals surface area contributed by atoms with Gasteiger partial charge in [-0.05, 0) is 43.2 Å². The molecule has 1 heterocycles. The molecule has 5 heteroatoms. The summed E-state index contributed by atoms with van der Waals surface area (Å²) in [7, 11) is 0. The zero-order chi connectivity index (χ0) is 19.8. The van der Waals surface area contributed by atoms with Gasteiger partial charge in [0.2, 0.25) is 0 Å². The third-order valence-electron chi connectivity index (χ3n) is 4.50. The summed E-state index contributed by atoms with van der Waals surface area (Å²) in [4.78, 5) is 1.30. The molecule has 0 spiro atoms. The molecule has 0 amide bonds. The molecule has 0 radical (unpaired) electrons. The number of hydrazine groups is 1. The average Bonchev–Trinajstić information content (AvgIpc) is 3.18. The normalized spacial score (nSPS) is 12.6. The summed E-state index contributed by atoms with van der Waals surface area (Å²) in [6.45, 7) is 5.88. The lowest BCUT2D eigenvalue weighted by Gasteiger charge is -2.13. The molecule has 5 N–H and O–H groups in total. The first-order valence-corrected chi connectivity index (χ1v) is 10.3. The minimum atomic E-state index is 0.190. The largest absolute Gasteiger partial charge is 0.373 e. The van der Waals surface area contributed by atoms with Crippen LogP contribution in [0.4, 0.5) is 5.00 Å². The fourth-order valence-electron chi connectivity index (χ4n) is 2.88. The van der Waals surface area contributed by atoms with Crippen molar-refractivity contribution in [2.24, 2.45) is 5.84 Å². The number of thiophene rings is 1. The first kappa shape index (κ1) is 20.1. The third-order valence-corrected chi connectivity index (χ3v) is 5.55. The second-order valence-electron chi connectivity index (χ2n) is 6.87. The zero-order valence-electron chi connectivity index (χ0n) is 16.4. The van der Waals surface area contributed by atoms with Gasteiger partial charge in [0.15, 0.2) is 0 Å². The zero-order valence-corrected chi connectivity index (χ0v) is 17.2. The van der Waals surface area contributed by atoms with Crippen molar-refractivity contribution in [3.8, 4) is 0 Å². The van der Waals surface area contributed by atoms with Crippen LogP contribution in [-0.2, 0) is 13.1 Å². The van der Waals surface area contributed by atoms with E-state index in [-0.39, 0.29) is 6.04 Å². The molecule has 0 saturated carbocycles. The van der Waals surface area contributed by atoms with Gasteiger partial charge in [-0.2, -0.15) is 0 Å². The number of rotatable bonds is 9. The van der Waals surface area contributed by atoms with Crippen molar-refractivity contribution in [1.29, 1.82) is 0 Å². The van der Waals surface area contributed by atoms with E-state index in [0.717, 1.165) is 24.4 Å². The highest BCUT2D eigenvalue weighted by atomic mass is 32.1. The number of benzene rings is 2. The lowest BCUT2D eigenvalue weighted by atomic mass is 10.1. The average molecular weight is 393 g/mol. The lowest BCUT2D eigenvalue weighted by Crippen LogP contribution is -2.27. The van der Waals surface area contributed by atoms with Gasteiger partial charge in [-0.25, -0.2) is 0 Å². The first-order valence-electron chi connectivity index (χ1n) is 9.49. The summed E-state index contributed by atoms with van der Waals surface area (Å²) < 4.78 is 0. The SMILES string of the molecule is Cc1ccc(/C(=C/C(C)NCc2ccc(NCc3ccccc3)s2)NN)cc1. The lowest BCUT2D eigenvalue weighted by molar-refractivity contribution is 0.637. The molecule has 0 fully saturated rings. The highest BCUT2D eigenvalue weighted by Gasteiger charge is 2.05. The number of hydrogen-bond acceptors (Lipinski definition) is 5. The van der Waals surface area contributed by atoms with E-state index in [2.05, 4.69) is 96.6 Å². The Kier molecular flexibility index (Phi) is 7.25. The molecule has 1 atom stereocenters. The van der Waals surface area contributed by atoms with E-state index in [1.165, 1.54) is 21.0 Å². The summed E-state index contributed by atoms with van der Waals surface area (Å²) in [5.74, 6) is 5.73. The maximum Gasteiger partial charge on any atom is 0.0888 e. The van der Waals surface area contributed by atoms with Crippen molar-refractivity contribution in [3.05, 3.63) is 94.4 Å². The Bertz CT molecular complexity index is 884. The third kappa shape index (κ3) is 5.96. The Morgan fingerprint density at radius 1 is 1.00 bits per heavy atom. The van der Waals surface area contributed by atoms with E-state index in [9.17, 15) is 0 Å². The minimum Gasteiger partial charge on any atom is -0.373 e. The maximum absolute atomic E-state index is 5.73. The van der Waals surface area contributed by atoms with Crippen LogP contribution in [0.15, 0.2) is 72.8 Å². The van der Waals surface area contributed by atoms with Crippen molar-refractivity contribution >= 4 is 22.0 Å². The topological polar surface area (TPSA) is 62.1 Å². The Morgan fingerprint density at radius 2 is 1.75 bits per heavy atom. The van der Waals surface area contributed by atoms with E-state index in [4.69, 9.17) is 5.84 Å². The molecule has 1 aromatic heterocycles. The molecule has 1 unspecified atom stereocenters. The van der Waals surface area contributed by atoms with Crippen molar-refractivity contribution in [2.75, 3.05) is 5.32 Å². The summed E-state index contributed by atoms with van der Waals surface area (Å²) in [6.07, 6.45) is 2.12. The van der Waals surface area contributed by atoms with Crippen molar-refractivity contribution in [3.63, 3.8) is 0 Å². The smallest absolute Gasteiger partial charge is 0.0888 e. The van der Waals surface area contributed by atoms with Gasteiger partial charge in [0.05, 0.1) is 10.7 Å². The van der Waals surface area contributed by atoms with Crippen LogP contribution >= 0.6 is 11.3 Å². The summed E-state index contributed by atoms with van der Waals surface area (Å²) in [6, 6.07) is 23.3. The number of hydrogen-bond donors (Lipinski definition) is 4. The van der Waals surface area contributed by atoms with Crippen LogP contribution in [0.2, 0.25) is 0 Å². The molecular weight excluding hydrogens is 364 g/mol. The quantitative estimate of drug-likeness (QED) is 0.316. The Labute approximate surface area is 171 Å². The second kappa shape index (κ2) is 10.1. The fourth-order valence-corrected chi connectivity index (χ4v) is 3.74. The van der Waals surface area contributed by atoms with Gasteiger partial charge in [0, 0.05) is 24.0 Å². The standard InChI is InChI=1S/C23H28N4S/c1-17-8-10-20(11-9-17)22(27-24)14-18(2)25-16-21-12-13-23(28-21)26-15-19-6-4-3-5-7-19/h3-14,18,25-27H,15-16,24H2,1-2H3/b22-14-. The molecule has 4 nitrogen and oxygen atoms in total. The molecule has 3 aromatic rings. The number of nitrogens with one attached hydrogen (secondary N) is 3. The van der Waals surface area contributed by atoms with Gasteiger partial charge < -0.3 is 16.1 Å². The van der Waals surface area contributed by atoms with E-state index >= 15 is 0 Å². The Morgan fingerprint density at radius 3 is 2.46 bits per heavy atom. The predicted octanol–water partition coefficient (Wildman–Crippen LogP) is 4.65. The molecule has 0 aliphatic rings. The molecule has 28 heavy (non-hydrogen) atoms. The Balaban J connectivity index is 1.52. The number of aryl methyl sites for hydroxylation is 1. The van der Waals surface area contributed by atoms with Gasteiger partial charge in [0.1, 0.15) is 0 Å². The molecular formula is C23H28N4S. The molecule has 3 rings (SSSR count). The molecule has 0 aliphatic heterocycles. The minimum absolute atomic E-state index is 0.190. The van der Waals surface area contributed by atoms with Crippen molar-refractivity contribution in [1.82, 2.24) is 10.7 Å². The van der Waals surface area contributed by atoms with Gasteiger partial charge in [-0.3, -0.25) is 5.84 Å². The van der Waals surface area contributed by atoms with E-state index in [1.54, 1.807) is 11.3 Å². The van der Waals surface area contributed by atoms with Crippen LogP contribution < -0.4 is 21.9 Å². The van der Waals surface area contributed by atoms with Gasteiger partial charge >= 0.3 is 0 Å². The monoisotopic (exact) mass is 392 g/mol. The maximum atomic E-state index is 5.73. The van der Waals surface area contributed by atoms with Gasteiger partial charge in [0.25, 0.3) is 0 Å². The highest BCUT2D eigenvalue weighted by molar-refractivity contribution is 7.16. The molecule has 0 saturated heterocycles. The van der Waals surface area contributed by atoms with Crippen molar-refractivity contribution < 1.29 is 0 Å². The van der Waals surface area contributed by atoms with Gasteiger partial charge in [-0.15, -0.1) is 11.3 Å². The van der Waals surface area contributed by atoms with E-state index in [0.29, 0.717) is 0 Å². The van der Waals surface area contributed by atoms with Crippen LogP contribution in [0.1, 0.15) is 28.5 Å². The van der Waals surface area contributed by atoms with Crippen LogP contribution in [0, 0.1) is 6.92 Å². The number of anilines is 1. The summed E-state index contributed by atoms with van der Waals surface area (Å²) >= 11 is 1.78. The van der Waals surface area contributed by atoms with E-state index in [1.807, 2.05) is 6.07 Å². The molecule has 146 valence electrons. The predicted molar refractivity (Wildman–Crippen MR) is 121 cm³/mol. The van der Waals surface area contributed by atoms with E-state index < -0.39 is 0 Å². The Hall–Kier alpha value is -2.60. The fraction of sp³-hybridized carbons (Fsp3) is 0.217. The van der Waals surface area contributed by atoms with Gasteiger partial charge in [-0.1, -0.05) is 60.2 Å². The summed E-state index contributed by atoms with van der Waals surface area (Å²) in [5, 5.41) is 8.22. The van der Waals surface area contributed by atoms with Crippen LogP contribution in [0.5, 0.6) is 0 Å². The highest BCUT2D eigenvalue weighted by Crippen LogP contribution is 2.22. The van der Waals surface area contributed by atoms with Crippen LogP contribution in [0.3, 0.4) is 0 Å². The summed E-state index contributed by atoms with van der Waals surface area (Å²) in [5.41, 5.74) is 7.35. The second-order valence-corrected chi connectivity index (χ2v) is 8.03. The molecule has 0 aliphatic carbocycles. The van der Waals surface area contributed by atoms with Crippen LogP contribution in [0.25, 0.3) is 5.70 Å². The van der Waals surface area contributed by atoms with Crippen LogP contribution in [-0.4, -0.2) is 6.04 Å².